The Hall–Kier alpha value is -6.24. The van der Waals surface area contributed by atoms with Crippen molar-refractivity contribution in [2.75, 3.05) is 0 Å². The van der Waals surface area contributed by atoms with Gasteiger partial charge in [0, 0.05) is 0 Å². The van der Waals surface area contributed by atoms with Crippen LogP contribution in [0.2, 0.25) is 0 Å². The van der Waals surface area contributed by atoms with Gasteiger partial charge >= 0.3 is 0 Å². The molecule has 0 amide bonds. The number of hydrogen-bond acceptors (Lipinski definition) is 0. The first-order valence-corrected chi connectivity index (χ1v) is 16.7. The fourth-order valence-corrected chi connectivity index (χ4v) is 8.08. The van der Waals surface area contributed by atoms with E-state index in [0.29, 0.717) is 0 Å². The molecule has 0 N–H and O–H groups in total. The predicted octanol–water partition coefficient (Wildman–Crippen LogP) is 13.6. The molecule has 10 aromatic rings. The second-order valence-corrected chi connectivity index (χ2v) is 12.8. The van der Waals surface area contributed by atoms with Crippen molar-refractivity contribution in [2.45, 2.75) is 0 Å². The highest BCUT2D eigenvalue weighted by molar-refractivity contribution is 6.29. The molecule has 48 heavy (non-hydrogen) atoms. The van der Waals surface area contributed by atoms with Gasteiger partial charge in [0.1, 0.15) is 0 Å². The fourth-order valence-electron chi connectivity index (χ4n) is 8.08. The van der Waals surface area contributed by atoms with Gasteiger partial charge in [-0.2, -0.15) is 0 Å². The van der Waals surface area contributed by atoms with Crippen molar-refractivity contribution < 1.29 is 0 Å². The van der Waals surface area contributed by atoms with Crippen LogP contribution in [0, 0.1) is 0 Å². The van der Waals surface area contributed by atoms with E-state index in [1.807, 2.05) is 0 Å². The minimum absolute atomic E-state index is 1.22. The summed E-state index contributed by atoms with van der Waals surface area (Å²) in [5.74, 6) is 0. The van der Waals surface area contributed by atoms with Crippen LogP contribution in [0.3, 0.4) is 0 Å². The topological polar surface area (TPSA) is 0 Å². The second kappa shape index (κ2) is 10.7. The quantitative estimate of drug-likeness (QED) is 0.176. The monoisotopic (exact) mass is 606 g/mol. The molecule has 0 heteroatoms. The SMILES string of the molecule is c1ccc2c(c1)c1ccccc1c1c(-c3ccc(-c4ccc(-c5cccc6c7ccccc7c7ccccc7c56)cc4)cc3)cccc21. The molecule has 0 radical (unpaired) electrons. The standard InChI is InChI=1S/C48H30/c1-3-13-41-37(11-1)39-15-5-7-17-43(39)47-35(19-9-21-45(41)47)33-27-23-31(24-28-33)32-25-29-34(30-26-32)36-20-10-22-46-42-14-4-2-12-38(42)40-16-6-8-18-44(40)48(36)46/h1-30H. The molecule has 10 rings (SSSR count). The summed E-state index contributed by atoms with van der Waals surface area (Å²) < 4.78 is 0. The Bertz CT molecular complexity index is 2570. The van der Waals surface area contributed by atoms with Gasteiger partial charge < -0.3 is 0 Å². The van der Waals surface area contributed by atoms with Crippen LogP contribution >= 0.6 is 0 Å². The first-order valence-electron chi connectivity index (χ1n) is 16.7. The number of hydrogen-bond donors (Lipinski definition) is 0. The molecule has 10 aromatic carbocycles. The Labute approximate surface area is 279 Å². The van der Waals surface area contributed by atoms with Crippen LogP contribution in [0.5, 0.6) is 0 Å². The smallest absolute Gasteiger partial charge is 0.00204 e. The molecule has 0 saturated heterocycles. The summed E-state index contributed by atoms with van der Waals surface area (Å²) in [5, 5.41) is 15.7. The van der Waals surface area contributed by atoms with E-state index in [9.17, 15) is 0 Å². The normalized spacial score (nSPS) is 11.8. The second-order valence-electron chi connectivity index (χ2n) is 12.8. The van der Waals surface area contributed by atoms with Gasteiger partial charge in [-0.1, -0.05) is 182 Å². The summed E-state index contributed by atoms with van der Waals surface area (Å²) in [6.45, 7) is 0. The van der Waals surface area contributed by atoms with E-state index in [4.69, 9.17) is 0 Å². The van der Waals surface area contributed by atoms with E-state index in [1.165, 1.54) is 98.0 Å². The molecule has 0 atom stereocenters. The van der Waals surface area contributed by atoms with Crippen LogP contribution in [-0.4, -0.2) is 0 Å². The lowest BCUT2D eigenvalue weighted by atomic mass is 9.88. The zero-order valence-corrected chi connectivity index (χ0v) is 26.3. The summed E-state index contributed by atoms with van der Waals surface area (Å²) >= 11 is 0. The molecule has 0 aliphatic carbocycles. The fraction of sp³-hybridized carbons (Fsp3) is 0. The molecule has 0 fully saturated rings. The maximum atomic E-state index is 2.28. The van der Waals surface area contributed by atoms with Gasteiger partial charge in [0.2, 0.25) is 0 Å². The number of rotatable bonds is 3. The van der Waals surface area contributed by atoms with E-state index >= 15 is 0 Å². The summed E-state index contributed by atoms with van der Waals surface area (Å²) in [6.07, 6.45) is 0. The Balaban J connectivity index is 1.07. The first-order chi connectivity index (χ1) is 23.8. The van der Waals surface area contributed by atoms with E-state index in [0.717, 1.165) is 0 Å². The van der Waals surface area contributed by atoms with Gasteiger partial charge in [0.25, 0.3) is 0 Å². The average molecular weight is 607 g/mol. The molecule has 222 valence electrons. The zero-order chi connectivity index (χ0) is 31.6. The Morgan fingerprint density at radius 1 is 0.167 bits per heavy atom. The lowest BCUT2D eigenvalue weighted by molar-refractivity contribution is 1.60. The van der Waals surface area contributed by atoms with Crippen LogP contribution in [-0.2, 0) is 0 Å². The van der Waals surface area contributed by atoms with Gasteiger partial charge in [-0.3, -0.25) is 0 Å². The number of benzene rings is 10. The highest BCUT2D eigenvalue weighted by Crippen LogP contribution is 2.42. The average Bonchev–Trinajstić information content (AvgIpc) is 3.18. The summed E-state index contributed by atoms with van der Waals surface area (Å²) in [4.78, 5) is 0. The molecule has 0 nitrogen and oxygen atoms in total. The highest BCUT2D eigenvalue weighted by Gasteiger charge is 2.14. The van der Waals surface area contributed by atoms with Crippen LogP contribution in [0.1, 0.15) is 0 Å². The number of fused-ring (bicyclic) bond motifs is 12. The van der Waals surface area contributed by atoms with Crippen LogP contribution in [0.15, 0.2) is 182 Å². The summed E-state index contributed by atoms with van der Waals surface area (Å²) in [5.41, 5.74) is 7.44. The first kappa shape index (κ1) is 26.9. The van der Waals surface area contributed by atoms with Gasteiger partial charge in [0.05, 0.1) is 0 Å². The zero-order valence-electron chi connectivity index (χ0n) is 26.3. The minimum Gasteiger partial charge on any atom is -0.0616 e. The van der Waals surface area contributed by atoms with E-state index < -0.39 is 0 Å². The molecule has 0 spiro atoms. The molecule has 0 heterocycles. The minimum atomic E-state index is 1.22. The van der Waals surface area contributed by atoms with Crippen molar-refractivity contribution >= 4 is 64.6 Å². The van der Waals surface area contributed by atoms with Crippen LogP contribution in [0.4, 0.5) is 0 Å². The predicted molar refractivity (Wildman–Crippen MR) is 208 cm³/mol. The van der Waals surface area contributed by atoms with Crippen molar-refractivity contribution in [2.24, 2.45) is 0 Å². The lowest BCUT2D eigenvalue weighted by Crippen LogP contribution is -1.88. The maximum Gasteiger partial charge on any atom is -0.00204 e. The third-order valence-corrected chi connectivity index (χ3v) is 10.3. The molecular weight excluding hydrogens is 577 g/mol. The van der Waals surface area contributed by atoms with E-state index in [2.05, 4.69) is 182 Å². The highest BCUT2D eigenvalue weighted by atomic mass is 14.2. The summed E-state index contributed by atoms with van der Waals surface area (Å²) in [7, 11) is 0. The molecule has 0 aliphatic rings. The van der Waals surface area contributed by atoms with Gasteiger partial charge in [-0.15, -0.1) is 0 Å². The van der Waals surface area contributed by atoms with Crippen molar-refractivity contribution in [1.82, 2.24) is 0 Å². The van der Waals surface area contributed by atoms with Crippen LogP contribution < -0.4 is 0 Å². The van der Waals surface area contributed by atoms with Crippen molar-refractivity contribution in [3.8, 4) is 33.4 Å². The largest absolute Gasteiger partial charge is 0.0616 e. The molecule has 0 bridgehead atoms. The van der Waals surface area contributed by atoms with E-state index in [1.54, 1.807) is 0 Å². The Kier molecular flexibility index (Phi) is 5.98. The molecule has 0 aromatic heterocycles. The van der Waals surface area contributed by atoms with Crippen molar-refractivity contribution in [1.29, 1.82) is 0 Å². The molecule has 0 aliphatic heterocycles. The van der Waals surface area contributed by atoms with Gasteiger partial charge in [0.15, 0.2) is 0 Å². The van der Waals surface area contributed by atoms with Crippen LogP contribution in [0.25, 0.3) is 98.0 Å². The third-order valence-electron chi connectivity index (χ3n) is 10.3. The van der Waals surface area contributed by atoms with Crippen molar-refractivity contribution in [3.63, 3.8) is 0 Å². The summed E-state index contributed by atoms with van der Waals surface area (Å²) in [6, 6.07) is 66.9. The Morgan fingerprint density at radius 3 is 0.708 bits per heavy atom. The van der Waals surface area contributed by atoms with Gasteiger partial charge in [-0.25, -0.2) is 0 Å². The lowest BCUT2D eigenvalue weighted by Gasteiger charge is -2.15. The molecule has 0 saturated carbocycles. The maximum absolute atomic E-state index is 2.28. The third kappa shape index (κ3) is 4.03. The van der Waals surface area contributed by atoms with Gasteiger partial charge in [-0.05, 0) is 98.0 Å². The Morgan fingerprint density at radius 2 is 0.396 bits per heavy atom. The van der Waals surface area contributed by atoms with Crippen molar-refractivity contribution in [3.05, 3.63) is 182 Å². The molecule has 0 unspecified atom stereocenters. The molecular formula is C48H30. The van der Waals surface area contributed by atoms with E-state index in [-0.39, 0.29) is 0 Å².